The van der Waals surface area contributed by atoms with Gasteiger partial charge in [0.15, 0.2) is 0 Å². The second-order valence-corrected chi connectivity index (χ2v) is 6.49. The third kappa shape index (κ3) is 4.83. The van der Waals surface area contributed by atoms with Crippen LogP contribution in [0.15, 0.2) is 36.7 Å². The van der Waals surface area contributed by atoms with Gasteiger partial charge >= 0.3 is 0 Å². The Balaban J connectivity index is 2.14. The largest absolute Gasteiger partial charge is 0.264 e. The molecule has 1 heterocycles. The molecule has 0 aliphatic heterocycles. The van der Waals surface area contributed by atoms with Crippen molar-refractivity contribution in [3.8, 4) is 0 Å². The zero-order valence-electron chi connectivity index (χ0n) is 14.4. The van der Waals surface area contributed by atoms with Crippen molar-refractivity contribution in [2.45, 2.75) is 77.6 Å². The second-order valence-electron chi connectivity index (χ2n) is 6.49. The van der Waals surface area contributed by atoms with Crippen LogP contribution in [0.25, 0.3) is 10.8 Å². The topological polar surface area (TPSA) is 12.9 Å². The zero-order chi connectivity index (χ0) is 15.6. The van der Waals surface area contributed by atoms with Gasteiger partial charge in [0.1, 0.15) is 0 Å². The maximum absolute atomic E-state index is 4.51. The lowest BCUT2D eigenvalue weighted by molar-refractivity contribution is 0.502. The molecular formula is C21H31N. The van der Waals surface area contributed by atoms with Crippen LogP contribution in [-0.4, -0.2) is 4.98 Å². The van der Waals surface area contributed by atoms with Gasteiger partial charge in [0.2, 0.25) is 0 Å². The number of unbranched alkanes of at least 4 members (excludes halogenated alkanes) is 5. The molecule has 22 heavy (non-hydrogen) atoms. The predicted molar refractivity (Wildman–Crippen MR) is 97.4 cm³/mol. The Bertz CT molecular complexity index is 541. The molecule has 2 aromatic rings. The van der Waals surface area contributed by atoms with Gasteiger partial charge in [-0.05, 0) is 29.7 Å². The molecule has 0 amide bonds. The lowest BCUT2D eigenvalue weighted by atomic mass is 9.87. The molecule has 0 saturated carbocycles. The van der Waals surface area contributed by atoms with E-state index in [4.69, 9.17) is 0 Å². The molecule has 0 aliphatic carbocycles. The van der Waals surface area contributed by atoms with Crippen molar-refractivity contribution in [1.29, 1.82) is 0 Å². The summed E-state index contributed by atoms with van der Waals surface area (Å²) in [6.07, 6.45) is 16.2. The standard InChI is InChI=1S/C21H31N/c1-3-5-7-9-13-18(12-8-6-4-2)21-17-22-16-19-14-10-11-15-20(19)21/h10-11,14-18H,3-9,12-13H2,1-2H3. The fraction of sp³-hybridized carbons (Fsp3) is 0.571. The molecule has 0 bridgehead atoms. The predicted octanol–water partition coefficient (Wildman–Crippen LogP) is 6.87. The van der Waals surface area contributed by atoms with E-state index in [0.717, 1.165) is 0 Å². The highest BCUT2D eigenvalue weighted by atomic mass is 14.6. The first-order valence-electron chi connectivity index (χ1n) is 9.19. The van der Waals surface area contributed by atoms with E-state index in [1.165, 1.54) is 74.1 Å². The Kier molecular flexibility index (Phi) is 7.42. The Labute approximate surface area is 136 Å². The van der Waals surface area contributed by atoms with Crippen molar-refractivity contribution in [3.05, 3.63) is 42.2 Å². The van der Waals surface area contributed by atoms with Crippen LogP contribution in [0.5, 0.6) is 0 Å². The minimum atomic E-state index is 0.682. The van der Waals surface area contributed by atoms with E-state index < -0.39 is 0 Å². The SMILES string of the molecule is CCCCCCC(CCCCC)c1cncc2ccccc12. The highest BCUT2D eigenvalue weighted by Gasteiger charge is 2.14. The summed E-state index contributed by atoms with van der Waals surface area (Å²) < 4.78 is 0. The van der Waals surface area contributed by atoms with Gasteiger partial charge in [0.05, 0.1) is 0 Å². The first-order chi connectivity index (χ1) is 10.9. The molecule has 1 atom stereocenters. The first-order valence-corrected chi connectivity index (χ1v) is 9.19. The fourth-order valence-electron chi connectivity index (χ4n) is 3.38. The summed E-state index contributed by atoms with van der Waals surface area (Å²) in [5.41, 5.74) is 1.48. The number of aromatic nitrogens is 1. The van der Waals surface area contributed by atoms with Gasteiger partial charge in [-0.3, -0.25) is 4.98 Å². The van der Waals surface area contributed by atoms with Gasteiger partial charge in [-0.2, -0.15) is 0 Å². The summed E-state index contributed by atoms with van der Waals surface area (Å²) in [7, 11) is 0. The van der Waals surface area contributed by atoms with Crippen molar-refractivity contribution in [3.63, 3.8) is 0 Å². The normalized spacial score (nSPS) is 12.6. The summed E-state index contributed by atoms with van der Waals surface area (Å²) in [5.74, 6) is 0.682. The highest BCUT2D eigenvalue weighted by molar-refractivity contribution is 5.85. The van der Waals surface area contributed by atoms with E-state index in [1.807, 2.05) is 6.20 Å². The van der Waals surface area contributed by atoms with E-state index in [9.17, 15) is 0 Å². The maximum atomic E-state index is 4.51. The van der Waals surface area contributed by atoms with Gasteiger partial charge in [0, 0.05) is 17.8 Å². The molecular weight excluding hydrogens is 266 g/mol. The molecule has 2 rings (SSSR count). The average molecular weight is 297 g/mol. The van der Waals surface area contributed by atoms with E-state index in [1.54, 1.807) is 0 Å². The number of fused-ring (bicyclic) bond motifs is 1. The third-order valence-corrected chi connectivity index (χ3v) is 4.70. The van der Waals surface area contributed by atoms with E-state index in [0.29, 0.717) is 5.92 Å². The van der Waals surface area contributed by atoms with Crippen LogP contribution in [0.2, 0.25) is 0 Å². The van der Waals surface area contributed by atoms with Gasteiger partial charge in [0.25, 0.3) is 0 Å². The smallest absolute Gasteiger partial charge is 0.0346 e. The van der Waals surface area contributed by atoms with Gasteiger partial charge < -0.3 is 0 Å². The third-order valence-electron chi connectivity index (χ3n) is 4.70. The summed E-state index contributed by atoms with van der Waals surface area (Å²) in [6.45, 7) is 4.57. The molecule has 1 nitrogen and oxygen atoms in total. The minimum absolute atomic E-state index is 0.682. The molecule has 1 aromatic heterocycles. The van der Waals surface area contributed by atoms with Crippen molar-refractivity contribution >= 4 is 10.8 Å². The monoisotopic (exact) mass is 297 g/mol. The molecule has 0 aliphatic rings. The second kappa shape index (κ2) is 9.61. The van der Waals surface area contributed by atoms with Crippen LogP contribution in [0.1, 0.15) is 83.1 Å². The maximum Gasteiger partial charge on any atom is 0.0346 e. The lowest BCUT2D eigenvalue weighted by Gasteiger charge is -2.19. The van der Waals surface area contributed by atoms with Crippen LogP contribution < -0.4 is 0 Å². The Hall–Kier alpha value is -1.37. The van der Waals surface area contributed by atoms with Gasteiger partial charge in [-0.25, -0.2) is 0 Å². The van der Waals surface area contributed by atoms with E-state index in [-0.39, 0.29) is 0 Å². The van der Waals surface area contributed by atoms with Crippen LogP contribution in [0.3, 0.4) is 0 Å². The van der Waals surface area contributed by atoms with Gasteiger partial charge in [-0.15, -0.1) is 0 Å². The average Bonchev–Trinajstić information content (AvgIpc) is 2.57. The van der Waals surface area contributed by atoms with E-state index in [2.05, 4.69) is 49.3 Å². The Morgan fingerprint density at radius 3 is 2.27 bits per heavy atom. The summed E-state index contributed by atoms with van der Waals surface area (Å²) in [6, 6.07) is 8.73. The molecule has 1 aromatic carbocycles. The molecule has 0 saturated heterocycles. The lowest BCUT2D eigenvalue weighted by Crippen LogP contribution is -2.01. The summed E-state index contributed by atoms with van der Waals surface area (Å²) >= 11 is 0. The fourth-order valence-corrected chi connectivity index (χ4v) is 3.38. The summed E-state index contributed by atoms with van der Waals surface area (Å²) in [5, 5.41) is 2.70. The van der Waals surface area contributed by atoms with Crippen LogP contribution in [-0.2, 0) is 0 Å². The number of rotatable bonds is 10. The number of hydrogen-bond donors (Lipinski definition) is 0. The highest BCUT2D eigenvalue weighted by Crippen LogP contribution is 2.32. The molecule has 1 heteroatoms. The minimum Gasteiger partial charge on any atom is -0.264 e. The molecule has 1 unspecified atom stereocenters. The first kappa shape index (κ1) is 17.0. The van der Waals surface area contributed by atoms with Crippen LogP contribution in [0, 0.1) is 0 Å². The number of hydrogen-bond acceptors (Lipinski definition) is 1. The van der Waals surface area contributed by atoms with Crippen molar-refractivity contribution in [1.82, 2.24) is 4.98 Å². The summed E-state index contributed by atoms with van der Waals surface area (Å²) in [4.78, 5) is 4.51. The molecule has 0 spiro atoms. The van der Waals surface area contributed by atoms with Crippen molar-refractivity contribution in [2.75, 3.05) is 0 Å². The van der Waals surface area contributed by atoms with E-state index >= 15 is 0 Å². The quantitative estimate of drug-likeness (QED) is 0.436. The molecule has 0 radical (unpaired) electrons. The zero-order valence-corrected chi connectivity index (χ0v) is 14.4. The van der Waals surface area contributed by atoms with Crippen LogP contribution >= 0.6 is 0 Å². The number of benzene rings is 1. The van der Waals surface area contributed by atoms with Gasteiger partial charge in [-0.1, -0.05) is 83.1 Å². The Morgan fingerprint density at radius 1 is 0.818 bits per heavy atom. The van der Waals surface area contributed by atoms with Crippen molar-refractivity contribution < 1.29 is 0 Å². The number of nitrogens with zero attached hydrogens (tertiary/aromatic N) is 1. The molecule has 0 N–H and O–H groups in total. The Morgan fingerprint density at radius 2 is 1.50 bits per heavy atom. The molecule has 0 fully saturated rings. The molecule has 120 valence electrons. The van der Waals surface area contributed by atoms with Crippen molar-refractivity contribution in [2.24, 2.45) is 0 Å². The number of pyridine rings is 1. The van der Waals surface area contributed by atoms with Crippen LogP contribution in [0.4, 0.5) is 0 Å².